The number of anilines is 1. The predicted molar refractivity (Wildman–Crippen MR) is 136 cm³/mol. The van der Waals surface area contributed by atoms with Crippen molar-refractivity contribution in [2.24, 2.45) is 5.92 Å². The first-order chi connectivity index (χ1) is 16.1. The van der Waals surface area contributed by atoms with Gasteiger partial charge in [-0.25, -0.2) is 4.98 Å². The summed E-state index contributed by atoms with van der Waals surface area (Å²) >= 11 is 10.0. The first-order valence-corrected chi connectivity index (χ1v) is 13.1. The van der Waals surface area contributed by atoms with Gasteiger partial charge in [-0.15, -0.1) is 0 Å². The first kappa shape index (κ1) is 22.7. The van der Waals surface area contributed by atoms with Crippen molar-refractivity contribution in [3.05, 3.63) is 46.0 Å². The number of nitrogens with zero attached hydrogens (tertiary/aromatic N) is 4. The Morgan fingerprint density at radius 3 is 2.64 bits per heavy atom. The fourth-order valence-corrected chi connectivity index (χ4v) is 5.68. The second-order valence-electron chi connectivity index (χ2n) is 9.24. The molecule has 3 aromatic rings. The smallest absolute Gasteiger partial charge is 0.222 e. The van der Waals surface area contributed by atoms with Gasteiger partial charge in [0, 0.05) is 42.2 Å². The molecular formula is C25H29BrClN5O. The Hall–Kier alpha value is -2.12. The van der Waals surface area contributed by atoms with Crippen LogP contribution in [0.5, 0.6) is 0 Å². The minimum Gasteiger partial charge on any atom is -0.367 e. The molecular weight excluding hydrogens is 502 g/mol. The van der Waals surface area contributed by atoms with E-state index in [1.807, 2.05) is 34.8 Å². The lowest BCUT2D eigenvalue weighted by atomic mass is 9.86. The summed E-state index contributed by atoms with van der Waals surface area (Å²) in [5, 5.41) is 8.83. The summed E-state index contributed by atoms with van der Waals surface area (Å²) in [5.41, 5.74) is 2.44. The van der Waals surface area contributed by atoms with E-state index in [4.69, 9.17) is 16.6 Å². The number of carbonyl (C=O) groups is 1. The maximum Gasteiger partial charge on any atom is 0.222 e. The predicted octanol–water partition coefficient (Wildman–Crippen LogP) is 6.19. The lowest BCUT2D eigenvalue weighted by Gasteiger charge is -2.34. The van der Waals surface area contributed by atoms with Crippen molar-refractivity contribution in [1.82, 2.24) is 19.5 Å². The Kier molecular flexibility index (Phi) is 6.88. The lowest BCUT2D eigenvalue weighted by Crippen LogP contribution is -2.43. The lowest BCUT2D eigenvalue weighted by molar-refractivity contribution is -0.133. The molecule has 1 N–H and O–H groups in total. The van der Waals surface area contributed by atoms with Crippen molar-refractivity contribution in [2.45, 2.75) is 57.4 Å². The van der Waals surface area contributed by atoms with Crippen molar-refractivity contribution in [3.63, 3.8) is 0 Å². The van der Waals surface area contributed by atoms with E-state index in [0.29, 0.717) is 16.8 Å². The summed E-state index contributed by atoms with van der Waals surface area (Å²) < 4.78 is 2.66. The van der Waals surface area contributed by atoms with E-state index >= 15 is 0 Å². The number of carbonyl (C=O) groups excluding carboxylic acids is 1. The maximum absolute atomic E-state index is 12.8. The molecule has 1 aliphatic heterocycles. The summed E-state index contributed by atoms with van der Waals surface area (Å²) in [7, 11) is 0. The Labute approximate surface area is 207 Å². The molecule has 2 fully saturated rings. The van der Waals surface area contributed by atoms with Crippen LogP contribution in [0.25, 0.3) is 16.9 Å². The molecule has 5 rings (SSSR count). The van der Waals surface area contributed by atoms with E-state index in [2.05, 4.69) is 31.2 Å². The molecule has 0 unspecified atom stereocenters. The zero-order valence-electron chi connectivity index (χ0n) is 18.6. The second-order valence-corrected chi connectivity index (χ2v) is 10.5. The highest BCUT2D eigenvalue weighted by molar-refractivity contribution is 9.10. The molecule has 174 valence electrons. The van der Waals surface area contributed by atoms with Crippen molar-refractivity contribution in [1.29, 1.82) is 0 Å². The van der Waals surface area contributed by atoms with Crippen molar-refractivity contribution >= 4 is 44.9 Å². The molecule has 0 radical (unpaired) electrons. The fourth-order valence-electron chi connectivity index (χ4n) is 5.10. The van der Waals surface area contributed by atoms with Gasteiger partial charge >= 0.3 is 0 Å². The number of piperidine rings is 1. The summed E-state index contributed by atoms with van der Waals surface area (Å²) in [6.07, 6.45) is 10.7. The van der Waals surface area contributed by atoms with E-state index in [0.717, 1.165) is 59.5 Å². The van der Waals surface area contributed by atoms with Gasteiger partial charge in [0.1, 0.15) is 5.82 Å². The standard InChI is InChI=1S/C25H29BrClN5O/c26-20-16-28-32-23(15-22(30-25(20)32)19-8-4-5-9-21(19)27)29-18-10-12-31(13-11-18)24(33)14-17-6-2-1-3-7-17/h4-5,8-9,15-18,29H,1-3,6-7,10-14H2. The molecule has 33 heavy (non-hydrogen) atoms. The number of hydrogen-bond acceptors (Lipinski definition) is 4. The summed E-state index contributed by atoms with van der Waals surface area (Å²) in [4.78, 5) is 19.7. The topological polar surface area (TPSA) is 62.5 Å². The monoisotopic (exact) mass is 529 g/mol. The van der Waals surface area contributed by atoms with Crippen LogP contribution in [0.4, 0.5) is 5.82 Å². The molecule has 1 saturated carbocycles. The number of amides is 1. The number of aromatic nitrogens is 3. The van der Waals surface area contributed by atoms with Gasteiger partial charge in [-0.05, 0) is 53.6 Å². The van der Waals surface area contributed by atoms with Crippen LogP contribution < -0.4 is 5.32 Å². The molecule has 6 nitrogen and oxygen atoms in total. The number of halogens is 2. The molecule has 1 aliphatic carbocycles. The highest BCUT2D eigenvalue weighted by atomic mass is 79.9. The first-order valence-electron chi connectivity index (χ1n) is 11.9. The van der Waals surface area contributed by atoms with Gasteiger partial charge in [-0.2, -0.15) is 9.61 Å². The molecule has 3 heterocycles. The zero-order chi connectivity index (χ0) is 22.8. The molecule has 0 bridgehead atoms. The van der Waals surface area contributed by atoms with E-state index < -0.39 is 0 Å². The van der Waals surface area contributed by atoms with Crippen LogP contribution in [-0.4, -0.2) is 44.5 Å². The van der Waals surface area contributed by atoms with Crippen LogP contribution in [0.2, 0.25) is 5.02 Å². The Balaban J connectivity index is 1.29. The van der Waals surface area contributed by atoms with Gasteiger partial charge in [-0.3, -0.25) is 4.79 Å². The van der Waals surface area contributed by atoms with E-state index in [1.54, 1.807) is 6.20 Å². The number of likely N-dealkylation sites (tertiary alicyclic amines) is 1. The third kappa shape index (κ3) is 5.04. The Bertz CT molecular complexity index is 1140. The summed E-state index contributed by atoms with van der Waals surface area (Å²) in [6.45, 7) is 1.61. The average Bonchev–Trinajstić information content (AvgIpc) is 3.21. The minimum absolute atomic E-state index is 0.274. The van der Waals surface area contributed by atoms with Gasteiger partial charge in [0.15, 0.2) is 5.65 Å². The van der Waals surface area contributed by atoms with Crippen molar-refractivity contribution in [3.8, 4) is 11.3 Å². The van der Waals surface area contributed by atoms with Crippen LogP contribution in [-0.2, 0) is 4.79 Å². The summed E-state index contributed by atoms with van der Waals surface area (Å²) in [5.74, 6) is 1.81. The number of hydrogen-bond donors (Lipinski definition) is 1. The second kappa shape index (κ2) is 10.0. The number of fused-ring (bicyclic) bond motifs is 1. The number of rotatable bonds is 5. The van der Waals surface area contributed by atoms with Crippen molar-refractivity contribution in [2.75, 3.05) is 18.4 Å². The van der Waals surface area contributed by atoms with Crippen LogP contribution >= 0.6 is 27.5 Å². The Morgan fingerprint density at radius 2 is 1.88 bits per heavy atom. The molecule has 2 aliphatic rings. The molecule has 8 heteroatoms. The van der Waals surface area contributed by atoms with Crippen molar-refractivity contribution < 1.29 is 4.79 Å². The normalized spacial score (nSPS) is 18.1. The fraction of sp³-hybridized carbons (Fsp3) is 0.480. The van der Waals surface area contributed by atoms with Crippen LogP contribution in [0.1, 0.15) is 51.4 Å². The quantitative estimate of drug-likeness (QED) is 0.427. The SMILES string of the molecule is O=C(CC1CCCCC1)N1CCC(Nc2cc(-c3ccccc3Cl)nc3c(Br)cnn23)CC1. The Morgan fingerprint density at radius 1 is 1.12 bits per heavy atom. The van der Waals surface area contributed by atoms with Gasteiger partial charge in [-0.1, -0.05) is 49.1 Å². The van der Waals surface area contributed by atoms with Gasteiger partial charge in [0.25, 0.3) is 0 Å². The minimum atomic E-state index is 0.274. The van der Waals surface area contributed by atoms with Crippen LogP contribution in [0.3, 0.4) is 0 Å². The largest absolute Gasteiger partial charge is 0.367 e. The highest BCUT2D eigenvalue weighted by Crippen LogP contribution is 2.31. The van der Waals surface area contributed by atoms with E-state index in [9.17, 15) is 4.79 Å². The molecule has 1 aromatic carbocycles. The molecule has 2 aromatic heterocycles. The van der Waals surface area contributed by atoms with Gasteiger partial charge in [0.2, 0.25) is 5.91 Å². The summed E-state index contributed by atoms with van der Waals surface area (Å²) in [6, 6.07) is 10.0. The van der Waals surface area contributed by atoms with Gasteiger partial charge < -0.3 is 10.2 Å². The van der Waals surface area contributed by atoms with E-state index in [-0.39, 0.29) is 6.04 Å². The zero-order valence-corrected chi connectivity index (χ0v) is 21.0. The highest BCUT2D eigenvalue weighted by Gasteiger charge is 2.26. The number of nitrogens with one attached hydrogen (secondary N) is 1. The van der Waals surface area contributed by atoms with Crippen LogP contribution in [0.15, 0.2) is 41.0 Å². The third-order valence-electron chi connectivity index (χ3n) is 6.97. The molecule has 1 amide bonds. The van der Waals surface area contributed by atoms with E-state index in [1.165, 1.54) is 32.1 Å². The molecule has 0 spiro atoms. The maximum atomic E-state index is 12.8. The molecule has 0 atom stereocenters. The van der Waals surface area contributed by atoms with Crippen LogP contribution in [0, 0.1) is 5.92 Å². The average molecular weight is 531 g/mol. The third-order valence-corrected chi connectivity index (χ3v) is 7.86. The number of benzene rings is 1. The van der Waals surface area contributed by atoms with Gasteiger partial charge in [0.05, 0.1) is 16.4 Å². The molecule has 1 saturated heterocycles.